The van der Waals surface area contributed by atoms with Gasteiger partial charge in [-0.2, -0.15) is 4.58 Å². The molecule has 0 spiro atoms. The molecule has 0 fully saturated rings. The number of halogens is 1. The van der Waals surface area contributed by atoms with Crippen LogP contribution in [0.4, 0.5) is 0 Å². The molecule has 1 aromatic rings. The molecule has 0 aromatic heterocycles. The van der Waals surface area contributed by atoms with E-state index < -0.39 is 0 Å². The maximum Gasteiger partial charge on any atom is 0.334 e. The highest BCUT2D eigenvalue weighted by molar-refractivity contribution is 5.69. The molecule has 1 aromatic carbocycles. The maximum absolute atomic E-state index is 5.60. The first-order valence-electron chi connectivity index (χ1n) is 5.37. The van der Waals surface area contributed by atoms with Gasteiger partial charge in [0.1, 0.15) is 0 Å². The Morgan fingerprint density at radius 2 is 1.88 bits per heavy atom. The van der Waals surface area contributed by atoms with Gasteiger partial charge in [0.15, 0.2) is 18.7 Å². The number of rotatable bonds is 2. The van der Waals surface area contributed by atoms with E-state index in [0.29, 0.717) is 0 Å². The van der Waals surface area contributed by atoms with Crippen molar-refractivity contribution in [2.45, 2.75) is 32.9 Å². The first kappa shape index (κ1) is 13.2. The third-order valence-corrected chi connectivity index (χ3v) is 2.93. The molecule has 1 aliphatic rings. The van der Waals surface area contributed by atoms with Gasteiger partial charge < -0.3 is 21.7 Å². The lowest BCUT2D eigenvalue weighted by molar-refractivity contribution is -0.604. The molecule has 3 heteroatoms. The fraction of sp³-hybridized carbons (Fsp3) is 0.462. The number of hydrogen-bond acceptors (Lipinski definition) is 1. The second-order valence-corrected chi connectivity index (χ2v) is 4.69. The molecule has 0 bridgehead atoms. The maximum atomic E-state index is 5.60. The van der Waals surface area contributed by atoms with Gasteiger partial charge in [0, 0.05) is 19.4 Å². The SMILES string of the molecule is CC1=[N+](Cc2ccccc2)C(C)(C)CO1.[Br-]. The van der Waals surface area contributed by atoms with Crippen LogP contribution in [0.5, 0.6) is 0 Å². The van der Waals surface area contributed by atoms with Crippen LogP contribution < -0.4 is 17.0 Å². The highest BCUT2D eigenvalue weighted by atomic mass is 79.9. The fourth-order valence-corrected chi connectivity index (χ4v) is 1.95. The van der Waals surface area contributed by atoms with E-state index in [4.69, 9.17) is 4.74 Å². The minimum absolute atomic E-state index is 0. The second-order valence-electron chi connectivity index (χ2n) is 4.69. The fourth-order valence-electron chi connectivity index (χ4n) is 1.95. The molecular formula is C13H18BrNO. The van der Waals surface area contributed by atoms with Crippen molar-refractivity contribution in [1.29, 1.82) is 0 Å². The van der Waals surface area contributed by atoms with Crippen LogP contribution in [-0.2, 0) is 11.3 Å². The summed E-state index contributed by atoms with van der Waals surface area (Å²) in [5.41, 5.74) is 1.44. The lowest BCUT2D eigenvalue weighted by Gasteiger charge is -2.14. The average molecular weight is 284 g/mol. The van der Waals surface area contributed by atoms with Crippen molar-refractivity contribution in [3.05, 3.63) is 35.9 Å². The molecule has 88 valence electrons. The molecular weight excluding hydrogens is 266 g/mol. The standard InChI is InChI=1S/C13H18NO.BrH/c1-11-14(13(2,3)10-15-11)9-12-7-5-4-6-8-12;/h4-8H,9-10H2,1-3H3;1H/q+1;/p-1. The Labute approximate surface area is 108 Å². The van der Waals surface area contributed by atoms with Gasteiger partial charge in [0.25, 0.3) is 0 Å². The Kier molecular flexibility index (Phi) is 4.14. The van der Waals surface area contributed by atoms with Crippen molar-refractivity contribution >= 4 is 5.90 Å². The molecule has 0 unspecified atom stereocenters. The first-order chi connectivity index (χ1) is 7.09. The average Bonchev–Trinajstić information content (AvgIpc) is 2.47. The van der Waals surface area contributed by atoms with Gasteiger partial charge in [-0.1, -0.05) is 30.3 Å². The molecule has 0 saturated heterocycles. The molecule has 16 heavy (non-hydrogen) atoms. The van der Waals surface area contributed by atoms with Crippen LogP contribution in [-0.4, -0.2) is 22.6 Å². The summed E-state index contributed by atoms with van der Waals surface area (Å²) in [6.45, 7) is 8.18. The van der Waals surface area contributed by atoms with Crippen LogP contribution in [0.3, 0.4) is 0 Å². The molecule has 1 heterocycles. The molecule has 0 atom stereocenters. The molecule has 0 aliphatic carbocycles. The van der Waals surface area contributed by atoms with Gasteiger partial charge >= 0.3 is 5.90 Å². The summed E-state index contributed by atoms with van der Waals surface area (Å²) in [6.07, 6.45) is 0. The van der Waals surface area contributed by atoms with Gasteiger partial charge in [-0.05, 0) is 0 Å². The Morgan fingerprint density at radius 1 is 1.25 bits per heavy atom. The Balaban J connectivity index is 0.00000128. The molecule has 0 radical (unpaired) electrons. The number of benzene rings is 1. The van der Waals surface area contributed by atoms with Crippen LogP contribution in [0.15, 0.2) is 30.3 Å². The molecule has 1 aliphatic heterocycles. The van der Waals surface area contributed by atoms with Crippen LogP contribution >= 0.6 is 0 Å². The highest BCUT2D eigenvalue weighted by Crippen LogP contribution is 2.19. The molecule has 0 N–H and O–H groups in total. The van der Waals surface area contributed by atoms with Crippen molar-refractivity contribution in [3.8, 4) is 0 Å². The van der Waals surface area contributed by atoms with E-state index in [1.807, 2.05) is 13.0 Å². The summed E-state index contributed by atoms with van der Waals surface area (Å²) in [7, 11) is 0. The zero-order valence-corrected chi connectivity index (χ0v) is 11.6. The third kappa shape index (κ3) is 2.64. The van der Waals surface area contributed by atoms with E-state index in [9.17, 15) is 0 Å². The lowest BCUT2D eigenvalue weighted by atomic mass is 10.1. The van der Waals surface area contributed by atoms with Gasteiger partial charge in [-0.3, -0.25) is 0 Å². The van der Waals surface area contributed by atoms with Crippen LogP contribution in [0.1, 0.15) is 26.3 Å². The Morgan fingerprint density at radius 3 is 2.38 bits per heavy atom. The molecule has 0 saturated carbocycles. The predicted molar refractivity (Wildman–Crippen MR) is 61.1 cm³/mol. The van der Waals surface area contributed by atoms with Crippen LogP contribution in [0.25, 0.3) is 0 Å². The van der Waals surface area contributed by atoms with Crippen molar-refractivity contribution in [2.75, 3.05) is 6.61 Å². The summed E-state index contributed by atoms with van der Waals surface area (Å²) < 4.78 is 7.92. The van der Waals surface area contributed by atoms with E-state index in [0.717, 1.165) is 19.0 Å². The highest BCUT2D eigenvalue weighted by Gasteiger charge is 2.39. The lowest BCUT2D eigenvalue weighted by Crippen LogP contribution is -3.00. The third-order valence-electron chi connectivity index (χ3n) is 2.93. The zero-order valence-electron chi connectivity index (χ0n) is 10.0. The van der Waals surface area contributed by atoms with Gasteiger partial charge in [-0.15, -0.1) is 0 Å². The van der Waals surface area contributed by atoms with Crippen LogP contribution in [0, 0.1) is 0 Å². The normalized spacial score (nSPS) is 17.9. The minimum Gasteiger partial charge on any atom is -1.00 e. The first-order valence-corrected chi connectivity index (χ1v) is 5.37. The monoisotopic (exact) mass is 283 g/mol. The largest absolute Gasteiger partial charge is 1.00 e. The summed E-state index contributed by atoms with van der Waals surface area (Å²) in [4.78, 5) is 0. The minimum atomic E-state index is 0. The van der Waals surface area contributed by atoms with Crippen LogP contribution in [0.2, 0.25) is 0 Å². The van der Waals surface area contributed by atoms with Crippen molar-refractivity contribution in [2.24, 2.45) is 0 Å². The summed E-state index contributed by atoms with van der Waals surface area (Å²) in [5, 5.41) is 0. The van der Waals surface area contributed by atoms with Gasteiger partial charge in [0.2, 0.25) is 0 Å². The molecule has 0 amide bonds. The van der Waals surface area contributed by atoms with Crippen molar-refractivity contribution < 1.29 is 26.3 Å². The van der Waals surface area contributed by atoms with E-state index in [-0.39, 0.29) is 22.5 Å². The van der Waals surface area contributed by atoms with Gasteiger partial charge in [-0.25, -0.2) is 0 Å². The van der Waals surface area contributed by atoms with Crippen molar-refractivity contribution in [1.82, 2.24) is 0 Å². The summed E-state index contributed by atoms with van der Waals surface area (Å²) >= 11 is 0. The van der Waals surface area contributed by atoms with Gasteiger partial charge in [0.05, 0.1) is 6.92 Å². The number of hydrogen-bond donors (Lipinski definition) is 0. The topological polar surface area (TPSA) is 12.2 Å². The molecule has 2 rings (SSSR count). The zero-order chi connectivity index (χ0) is 10.9. The number of nitrogens with zero attached hydrogens (tertiary/aromatic N) is 1. The quantitative estimate of drug-likeness (QED) is 0.663. The van der Waals surface area contributed by atoms with E-state index in [2.05, 4.69) is 42.7 Å². The molecule has 2 nitrogen and oxygen atoms in total. The van der Waals surface area contributed by atoms with E-state index in [1.54, 1.807) is 0 Å². The smallest absolute Gasteiger partial charge is 0.334 e. The van der Waals surface area contributed by atoms with E-state index >= 15 is 0 Å². The predicted octanol–water partition coefficient (Wildman–Crippen LogP) is -0.570. The second kappa shape index (κ2) is 5.00. The number of ether oxygens (including phenoxy) is 1. The summed E-state index contributed by atoms with van der Waals surface area (Å²) in [5.74, 6) is 1.03. The Hall–Kier alpha value is -0.830. The summed E-state index contributed by atoms with van der Waals surface area (Å²) in [6, 6.07) is 10.5. The van der Waals surface area contributed by atoms with E-state index in [1.165, 1.54) is 5.56 Å². The van der Waals surface area contributed by atoms with Crippen molar-refractivity contribution in [3.63, 3.8) is 0 Å². The Bertz CT molecular complexity index is 384.